The Morgan fingerprint density at radius 1 is 1.13 bits per heavy atom. The second kappa shape index (κ2) is 8.30. The van der Waals surface area contributed by atoms with Gasteiger partial charge in [-0.3, -0.25) is 4.79 Å². The van der Waals surface area contributed by atoms with Gasteiger partial charge >= 0.3 is 0 Å². The molecule has 0 unspecified atom stereocenters. The molecule has 0 aliphatic rings. The summed E-state index contributed by atoms with van der Waals surface area (Å²) in [5.41, 5.74) is -0.697. The summed E-state index contributed by atoms with van der Waals surface area (Å²) in [7, 11) is -3.35. The molecule has 0 radical (unpaired) electrons. The number of rotatable bonds is 8. The van der Waals surface area contributed by atoms with Crippen molar-refractivity contribution in [2.45, 2.75) is 38.4 Å². The number of sulfonamides is 1. The van der Waals surface area contributed by atoms with Crippen LogP contribution in [0.5, 0.6) is 0 Å². The number of carbonyl (C=O) groups excluding carboxylic acids is 1. The molecule has 0 spiro atoms. The Bertz CT molecular complexity index is 640. The van der Waals surface area contributed by atoms with Crippen molar-refractivity contribution in [2.24, 2.45) is 0 Å². The van der Waals surface area contributed by atoms with E-state index in [2.05, 4.69) is 4.72 Å². The highest BCUT2D eigenvalue weighted by Crippen LogP contribution is 2.20. The van der Waals surface area contributed by atoms with Crippen molar-refractivity contribution in [1.82, 2.24) is 4.72 Å². The number of hydrogen-bond donors (Lipinski definition) is 2. The van der Waals surface area contributed by atoms with E-state index >= 15 is 0 Å². The number of benzene rings is 1. The Balaban J connectivity index is 2.39. The van der Waals surface area contributed by atoms with Crippen LogP contribution in [0.1, 0.15) is 33.1 Å². The summed E-state index contributed by atoms with van der Waals surface area (Å²) in [4.78, 5) is 11.6. The van der Waals surface area contributed by atoms with E-state index in [4.69, 9.17) is 0 Å². The lowest BCUT2D eigenvalue weighted by molar-refractivity contribution is -0.116. The molecule has 0 aliphatic heterocycles. The number of anilines is 1. The molecule has 1 amide bonds. The maximum absolute atomic E-state index is 13.3. The normalized spacial score (nSPS) is 11.7. The predicted octanol–water partition coefficient (Wildman–Crippen LogP) is 2.54. The van der Waals surface area contributed by atoms with E-state index in [0.29, 0.717) is 25.0 Å². The summed E-state index contributed by atoms with van der Waals surface area (Å²) in [6.45, 7) is 3.26. The van der Waals surface area contributed by atoms with E-state index in [1.807, 2.05) is 5.32 Å². The molecular weight excluding hydrogens is 333 g/mol. The molecule has 0 aromatic heterocycles. The molecule has 23 heavy (non-hydrogen) atoms. The molecule has 0 fully saturated rings. The first kappa shape index (κ1) is 19.4. The number of hydrogen-bond acceptors (Lipinski definition) is 3. The van der Waals surface area contributed by atoms with Gasteiger partial charge in [-0.2, -0.15) is 0 Å². The highest BCUT2D eigenvalue weighted by Gasteiger charge is 2.15. The van der Waals surface area contributed by atoms with E-state index in [9.17, 15) is 26.4 Å². The topological polar surface area (TPSA) is 75.3 Å². The number of unbranched alkanes of at least 4 members (excludes halogenated alkanes) is 1. The van der Waals surface area contributed by atoms with E-state index in [1.165, 1.54) is 0 Å². The third-order valence-corrected chi connectivity index (χ3v) is 4.87. The van der Waals surface area contributed by atoms with Gasteiger partial charge in [-0.15, -0.1) is 0 Å². The van der Waals surface area contributed by atoms with Gasteiger partial charge in [0.2, 0.25) is 15.9 Å². The number of nitrogens with one attached hydrogen (secondary N) is 2. The third-order valence-electron chi connectivity index (χ3n) is 3.03. The van der Waals surface area contributed by atoms with E-state index < -0.39 is 44.3 Å². The molecule has 1 rings (SSSR count). The Kier molecular flexibility index (Phi) is 7.01. The second-order valence-electron chi connectivity index (χ2n) is 5.24. The zero-order chi connectivity index (χ0) is 17.6. The van der Waals surface area contributed by atoms with Crippen molar-refractivity contribution >= 4 is 21.6 Å². The second-order valence-corrected chi connectivity index (χ2v) is 7.56. The van der Waals surface area contributed by atoms with Crippen LogP contribution < -0.4 is 10.0 Å². The Morgan fingerprint density at radius 3 is 2.22 bits per heavy atom. The quantitative estimate of drug-likeness (QED) is 0.706. The summed E-state index contributed by atoms with van der Waals surface area (Å²) in [5.74, 6) is -4.10. The standard InChI is InChI=1S/C14H19F3N2O3S/c1-9(2)23(21,22)18-6-4-3-5-13(20)19-14-11(16)7-10(15)8-12(14)17/h7-9,18H,3-6H2,1-2H3,(H,19,20). The van der Waals surface area contributed by atoms with Crippen LogP contribution in [-0.2, 0) is 14.8 Å². The first-order chi connectivity index (χ1) is 10.6. The highest BCUT2D eigenvalue weighted by atomic mass is 32.2. The number of amides is 1. The number of halogens is 3. The molecule has 0 saturated heterocycles. The van der Waals surface area contributed by atoms with Crippen molar-refractivity contribution in [2.75, 3.05) is 11.9 Å². The van der Waals surface area contributed by atoms with Crippen LogP contribution in [0.4, 0.5) is 18.9 Å². The molecular formula is C14H19F3N2O3S. The SMILES string of the molecule is CC(C)S(=O)(=O)NCCCCC(=O)Nc1c(F)cc(F)cc1F. The minimum atomic E-state index is -3.35. The summed E-state index contributed by atoms with van der Waals surface area (Å²) in [6, 6.07) is 0.943. The van der Waals surface area contributed by atoms with E-state index in [1.54, 1.807) is 13.8 Å². The average molecular weight is 352 g/mol. The zero-order valence-electron chi connectivity index (χ0n) is 12.8. The molecule has 5 nitrogen and oxygen atoms in total. The first-order valence-electron chi connectivity index (χ1n) is 7.06. The Hall–Kier alpha value is -1.61. The Morgan fingerprint density at radius 2 is 1.70 bits per heavy atom. The van der Waals surface area contributed by atoms with Crippen LogP contribution in [0.25, 0.3) is 0 Å². The van der Waals surface area contributed by atoms with Crippen molar-refractivity contribution in [3.63, 3.8) is 0 Å². The fourth-order valence-corrected chi connectivity index (χ4v) is 2.42. The van der Waals surface area contributed by atoms with Crippen LogP contribution >= 0.6 is 0 Å². The lowest BCUT2D eigenvalue weighted by atomic mass is 10.2. The van der Waals surface area contributed by atoms with Gasteiger partial charge in [-0.05, 0) is 26.7 Å². The Labute approximate surface area is 133 Å². The molecule has 0 saturated carbocycles. The van der Waals surface area contributed by atoms with Gasteiger partial charge in [0.15, 0.2) is 11.6 Å². The van der Waals surface area contributed by atoms with Gasteiger partial charge in [0, 0.05) is 25.1 Å². The van der Waals surface area contributed by atoms with Gasteiger partial charge in [0.25, 0.3) is 0 Å². The summed E-state index contributed by atoms with van der Waals surface area (Å²) in [5, 5.41) is 1.49. The predicted molar refractivity (Wildman–Crippen MR) is 80.9 cm³/mol. The third kappa shape index (κ3) is 6.19. The maximum Gasteiger partial charge on any atom is 0.224 e. The lowest BCUT2D eigenvalue weighted by Gasteiger charge is -2.10. The van der Waals surface area contributed by atoms with Crippen molar-refractivity contribution in [3.8, 4) is 0 Å². The van der Waals surface area contributed by atoms with Crippen molar-refractivity contribution in [3.05, 3.63) is 29.6 Å². The minimum Gasteiger partial charge on any atom is -0.321 e. The van der Waals surface area contributed by atoms with E-state index in [0.717, 1.165) is 0 Å². The zero-order valence-corrected chi connectivity index (χ0v) is 13.6. The smallest absolute Gasteiger partial charge is 0.224 e. The van der Waals surface area contributed by atoms with Gasteiger partial charge in [0.05, 0.1) is 5.25 Å². The summed E-state index contributed by atoms with van der Waals surface area (Å²) in [6.07, 6.45) is 0.685. The molecule has 1 aromatic carbocycles. The van der Waals surface area contributed by atoms with E-state index in [-0.39, 0.29) is 13.0 Å². The molecule has 0 bridgehead atoms. The van der Waals surface area contributed by atoms with Crippen LogP contribution in [0.2, 0.25) is 0 Å². The molecule has 1 aromatic rings. The highest BCUT2D eigenvalue weighted by molar-refractivity contribution is 7.90. The molecule has 130 valence electrons. The van der Waals surface area contributed by atoms with Crippen molar-refractivity contribution < 1.29 is 26.4 Å². The minimum absolute atomic E-state index is 0.0420. The summed E-state index contributed by atoms with van der Waals surface area (Å²) < 4.78 is 64.8. The maximum atomic E-state index is 13.3. The fourth-order valence-electron chi connectivity index (χ4n) is 1.66. The monoisotopic (exact) mass is 352 g/mol. The van der Waals surface area contributed by atoms with Crippen LogP contribution in [0.15, 0.2) is 12.1 Å². The van der Waals surface area contributed by atoms with Gasteiger partial charge in [-0.1, -0.05) is 0 Å². The van der Waals surface area contributed by atoms with Gasteiger partial charge < -0.3 is 5.32 Å². The average Bonchev–Trinajstić information content (AvgIpc) is 2.42. The number of carbonyl (C=O) groups is 1. The summed E-state index contributed by atoms with van der Waals surface area (Å²) >= 11 is 0. The van der Waals surface area contributed by atoms with Crippen LogP contribution in [0, 0.1) is 17.5 Å². The molecule has 9 heteroatoms. The fraction of sp³-hybridized carbons (Fsp3) is 0.500. The molecule has 0 aliphatic carbocycles. The molecule has 2 N–H and O–H groups in total. The first-order valence-corrected chi connectivity index (χ1v) is 8.61. The van der Waals surface area contributed by atoms with Gasteiger partial charge in [0.1, 0.15) is 11.5 Å². The molecule has 0 atom stereocenters. The van der Waals surface area contributed by atoms with Gasteiger partial charge in [-0.25, -0.2) is 26.3 Å². The lowest BCUT2D eigenvalue weighted by Crippen LogP contribution is -2.31. The largest absolute Gasteiger partial charge is 0.321 e. The van der Waals surface area contributed by atoms with Crippen molar-refractivity contribution in [1.29, 1.82) is 0 Å². The van der Waals surface area contributed by atoms with Crippen LogP contribution in [0.3, 0.4) is 0 Å². The van der Waals surface area contributed by atoms with Crippen LogP contribution in [-0.4, -0.2) is 26.1 Å². The molecule has 0 heterocycles.